The average Bonchev–Trinajstić information content (AvgIpc) is 2.87. The van der Waals surface area contributed by atoms with Gasteiger partial charge in [-0.2, -0.15) is 0 Å². The Morgan fingerprint density at radius 2 is 1.24 bits per heavy atom. The number of hydrogen-bond donors (Lipinski definition) is 2. The Kier molecular flexibility index (Phi) is 14.2. The fourth-order valence-electron chi connectivity index (χ4n) is 3.75. The Morgan fingerprint density at radius 1 is 0.730 bits per heavy atom. The van der Waals surface area contributed by atoms with E-state index in [9.17, 15) is 10.2 Å². The van der Waals surface area contributed by atoms with E-state index in [-0.39, 0.29) is 23.5 Å². The zero-order chi connectivity index (χ0) is 26.9. The monoisotopic (exact) mass is 510 g/mol. The molecule has 0 radical (unpaired) electrons. The Balaban J connectivity index is 1.90. The molecule has 2 aromatic rings. The van der Waals surface area contributed by atoms with Crippen molar-refractivity contribution in [2.75, 3.05) is 19.8 Å². The van der Waals surface area contributed by atoms with Gasteiger partial charge < -0.3 is 19.7 Å². The molecule has 6 nitrogen and oxygen atoms in total. The van der Waals surface area contributed by atoms with E-state index >= 15 is 0 Å². The number of ether oxygens (including phenoxy) is 2. The van der Waals surface area contributed by atoms with E-state index in [1.165, 1.54) is 25.7 Å². The molecule has 2 rings (SSSR count). The molecule has 0 unspecified atom stereocenters. The quantitative estimate of drug-likeness (QED) is 0.160. The van der Waals surface area contributed by atoms with Crippen LogP contribution in [0.3, 0.4) is 0 Å². The van der Waals surface area contributed by atoms with E-state index in [0.717, 1.165) is 25.7 Å². The van der Waals surface area contributed by atoms with Gasteiger partial charge in [-0.25, -0.2) is 0 Å². The summed E-state index contributed by atoms with van der Waals surface area (Å²) in [5.74, 6) is 1.90. The van der Waals surface area contributed by atoms with E-state index in [2.05, 4.69) is 37.7 Å². The van der Waals surface area contributed by atoms with Gasteiger partial charge in [-0.1, -0.05) is 66.2 Å². The largest absolute Gasteiger partial charge is 0.507 e. The molecule has 0 saturated carbocycles. The molecule has 0 amide bonds. The van der Waals surface area contributed by atoms with Gasteiger partial charge in [-0.3, -0.25) is 9.98 Å². The lowest BCUT2D eigenvalue weighted by Crippen LogP contribution is -2.17. The summed E-state index contributed by atoms with van der Waals surface area (Å²) in [6.45, 7) is 10.4. The first kappa shape index (κ1) is 30.2. The normalized spacial score (nSPS) is 12.6. The van der Waals surface area contributed by atoms with Crippen LogP contribution in [-0.4, -0.2) is 48.4 Å². The zero-order valence-corrected chi connectivity index (χ0v) is 23.2. The van der Waals surface area contributed by atoms with Crippen LogP contribution in [0.1, 0.15) is 90.2 Å². The van der Waals surface area contributed by atoms with Gasteiger partial charge in [-0.15, -0.1) is 0 Å². The summed E-state index contributed by atoms with van der Waals surface area (Å²) in [7, 11) is 0. The van der Waals surface area contributed by atoms with E-state index < -0.39 is 0 Å². The number of benzene rings is 2. The Labute approximate surface area is 223 Å². The number of rotatable bonds is 18. The summed E-state index contributed by atoms with van der Waals surface area (Å²) in [6.07, 6.45) is 12.5. The highest BCUT2D eigenvalue weighted by Gasteiger charge is 2.11. The smallest absolute Gasteiger partial charge is 0.128 e. The minimum absolute atomic E-state index is 0.0574. The number of nitrogens with zero attached hydrogens (tertiary/aromatic N) is 2. The third kappa shape index (κ3) is 11.7. The molecule has 0 saturated heterocycles. The maximum absolute atomic E-state index is 10.4. The Hall–Kier alpha value is -3.02. The maximum atomic E-state index is 10.4. The van der Waals surface area contributed by atoms with Crippen LogP contribution in [-0.2, 0) is 0 Å². The highest BCUT2D eigenvalue weighted by molar-refractivity contribution is 5.84. The van der Waals surface area contributed by atoms with Crippen molar-refractivity contribution < 1.29 is 19.7 Å². The average molecular weight is 511 g/mol. The highest BCUT2D eigenvalue weighted by Crippen LogP contribution is 2.24. The predicted octanol–water partition coefficient (Wildman–Crippen LogP) is 7.58. The molecule has 204 valence electrons. The van der Waals surface area contributed by atoms with Gasteiger partial charge in [0.05, 0.1) is 25.8 Å². The molecule has 0 aliphatic rings. The predicted molar refractivity (Wildman–Crippen MR) is 154 cm³/mol. The molecular weight excluding hydrogens is 464 g/mol. The molecule has 0 bridgehead atoms. The number of aliphatic imine (C=N–C) groups is 2. The molecule has 0 aromatic heterocycles. The summed E-state index contributed by atoms with van der Waals surface area (Å²) in [5.41, 5.74) is 1.30. The van der Waals surface area contributed by atoms with Crippen LogP contribution in [0.25, 0.3) is 0 Å². The first-order valence-corrected chi connectivity index (χ1v) is 13.9. The van der Waals surface area contributed by atoms with Gasteiger partial charge in [0, 0.05) is 35.7 Å². The minimum atomic E-state index is -0.0574. The number of phenolic OH excluding ortho intramolecular Hbond substituents is 2. The summed E-state index contributed by atoms with van der Waals surface area (Å²) in [5, 5.41) is 20.8. The van der Waals surface area contributed by atoms with Crippen molar-refractivity contribution in [1.82, 2.24) is 0 Å². The van der Waals surface area contributed by atoms with E-state index in [0.29, 0.717) is 42.4 Å². The van der Waals surface area contributed by atoms with Crippen LogP contribution < -0.4 is 9.47 Å². The van der Waals surface area contributed by atoms with Gasteiger partial charge in [0.15, 0.2) is 0 Å². The van der Waals surface area contributed by atoms with Crippen LogP contribution in [0.5, 0.6) is 23.0 Å². The Morgan fingerprint density at radius 3 is 1.70 bits per heavy atom. The third-order valence-corrected chi connectivity index (χ3v) is 6.23. The van der Waals surface area contributed by atoms with Crippen molar-refractivity contribution in [3.63, 3.8) is 0 Å². The van der Waals surface area contributed by atoms with Crippen LogP contribution in [0.2, 0.25) is 0 Å². The van der Waals surface area contributed by atoms with Crippen molar-refractivity contribution in [3.05, 3.63) is 47.5 Å². The summed E-state index contributed by atoms with van der Waals surface area (Å²) < 4.78 is 11.5. The molecule has 0 aliphatic heterocycles. The molecular formula is C31H46N2O4. The second-order valence-corrected chi connectivity index (χ2v) is 9.84. The lowest BCUT2D eigenvalue weighted by atomic mass is 10.1. The molecule has 0 aliphatic carbocycles. The van der Waals surface area contributed by atoms with Gasteiger partial charge >= 0.3 is 0 Å². The first-order valence-electron chi connectivity index (χ1n) is 13.9. The minimum Gasteiger partial charge on any atom is -0.507 e. The molecule has 0 heterocycles. The highest BCUT2D eigenvalue weighted by atomic mass is 16.5. The van der Waals surface area contributed by atoms with Crippen molar-refractivity contribution >= 4 is 12.4 Å². The fraction of sp³-hybridized carbons (Fsp3) is 0.548. The first-order chi connectivity index (χ1) is 17.9. The summed E-state index contributed by atoms with van der Waals surface area (Å²) in [4.78, 5) is 9.21. The molecule has 0 spiro atoms. The maximum Gasteiger partial charge on any atom is 0.128 e. The second kappa shape index (κ2) is 17.4. The SMILES string of the molecule is CCCCCCOc1ccc(C=NC[C@@H](N=Cc2ccc(OCCCCCC)cc2O)C(C)C)c(O)c1. The number of hydrogen-bond acceptors (Lipinski definition) is 6. The zero-order valence-electron chi connectivity index (χ0n) is 23.2. The van der Waals surface area contributed by atoms with E-state index in [1.807, 2.05) is 24.3 Å². The lowest BCUT2D eigenvalue weighted by molar-refractivity contribution is 0.303. The molecule has 1 atom stereocenters. The van der Waals surface area contributed by atoms with Crippen molar-refractivity contribution in [2.24, 2.45) is 15.9 Å². The van der Waals surface area contributed by atoms with E-state index in [1.54, 1.807) is 24.6 Å². The Bertz CT molecular complexity index is 972. The third-order valence-electron chi connectivity index (χ3n) is 6.23. The van der Waals surface area contributed by atoms with Crippen molar-refractivity contribution in [3.8, 4) is 23.0 Å². The van der Waals surface area contributed by atoms with Crippen LogP contribution in [0.4, 0.5) is 0 Å². The topological polar surface area (TPSA) is 83.6 Å². The number of phenols is 2. The summed E-state index contributed by atoms with van der Waals surface area (Å²) in [6, 6.07) is 10.6. The lowest BCUT2D eigenvalue weighted by Gasteiger charge is -2.14. The molecule has 0 fully saturated rings. The molecule has 37 heavy (non-hydrogen) atoms. The second-order valence-electron chi connectivity index (χ2n) is 9.84. The van der Waals surface area contributed by atoms with Gasteiger partial charge in [0.2, 0.25) is 0 Å². The fourth-order valence-corrected chi connectivity index (χ4v) is 3.75. The van der Waals surface area contributed by atoms with Gasteiger partial charge in [0.25, 0.3) is 0 Å². The number of unbranched alkanes of at least 4 members (excludes halogenated alkanes) is 6. The number of aromatic hydroxyl groups is 2. The molecule has 2 N–H and O–H groups in total. The van der Waals surface area contributed by atoms with Gasteiger partial charge in [-0.05, 0) is 43.0 Å². The summed E-state index contributed by atoms with van der Waals surface area (Å²) >= 11 is 0. The van der Waals surface area contributed by atoms with Crippen LogP contribution in [0.15, 0.2) is 46.4 Å². The molecule has 2 aromatic carbocycles. The standard InChI is InChI=1S/C31H46N2O4/c1-5-7-9-11-17-36-27-15-13-25(30(34)19-27)21-32-23-29(24(3)4)33-22-26-14-16-28(20-31(26)35)37-18-12-10-8-6-2/h13-16,19-22,24,29,34-35H,5-12,17-18,23H2,1-4H3/t29-/m1/s1. The van der Waals surface area contributed by atoms with Crippen LogP contribution in [0, 0.1) is 5.92 Å². The molecule has 6 heteroatoms. The van der Waals surface area contributed by atoms with Gasteiger partial charge in [0.1, 0.15) is 23.0 Å². The van der Waals surface area contributed by atoms with E-state index in [4.69, 9.17) is 9.47 Å². The van der Waals surface area contributed by atoms with Crippen LogP contribution >= 0.6 is 0 Å². The van der Waals surface area contributed by atoms with Crippen molar-refractivity contribution in [1.29, 1.82) is 0 Å². The van der Waals surface area contributed by atoms with Crippen molar-refractivity contribution in [2.45, 2.75) is 85.1 Å².